The van der Waals surface area contributed by atoms with Crippen molar-refractivity contribution in [3.63, 3.8) is 0 Å². The van der Waals surface area contributed by atoms with Crippen molar-refractivity contribution in [2.45, 2.75) is 39.0 Å². The normalized spacial score (nSPS) is 17.1. The van der Waals surface area contributed by atoms with Gasteiger partial charge in [-0.25, -0.2) is 0 Å². The quantitative estimate of drug-likeness (QED) is 0.923. The molecule has 0 aliphatic carbocycles. The lowest BCUT2D eigenvalue weighted by Crippen LogP contribution is -2.30. The number of benzene rings is 1. The van der Waals surface area contributed by atoms with Gasteiger partial charge in [-0.05, 0) is 37.1 Å². The number of aliphatic hydroxyl groups excluding tert-OH is 1. The zero-order valence-electron chi connectivity index (χ0n) is 14.1. The van der Waals surface area contributed by atoms with E-state index in [4.69, 9.17) is 9.47 Å². The van der Waals surface area contributed by atoms with E-state index in [1.165, 1.54) is 0 Å². The summed E-state index contributed by atoms with van der Waals surface area (Å²) in [5.41, 5.74) is 2.22. The molecule has 1 aromatic carbocycles. The molecular formula is C18H21N3O4. The number of hydrogen-bond acceptors (Lipinski definition) is 5. The minimum atomic E-state index is -0.558. The molecule has 2 aromatic rings. The second-order valence-corrected chi connectivity index (χ2v) is 6.36. The molecule has 0 saturated carbocycles. The van der Waals surface area contributed by atoms with Crippen molar-refractivity contribution < 1.29 is 19.4 Å². The standard InChI is InChI=1S/C18H21N3O4/c1-2-15(22)14-9-13-10-20(6-3-7-21(13)19-14)18(23)12-4-5-16-17(8-12)25-11-24-16/h4-5,8-9,15,22H,2-3,6-7,10-11H2,1H3/t15-/m1/s1. The monoisotopic (exact) mass is 343 g/mol. The van der Waals surface area contributed by atoms with Gasteiger partial charge in [0.2, 0.25) is 6.79 Å². The van der Waals surface area contributed by atoms with Gasteiger partial charge in [0, 0.05) is 18.7 Å². The van der Waals surface area contributed by atoms with Crippen LogP contribution in [0.2, 0.25) is 0 Å². The highest BCUT2D eigenvalue weighted by atomic mass is 16.7. The number of carbonyl (C=O) groups excluding carboxylic acids is 1. The Kier molecular flexibility index (Phi) is 4.09. The Bertz CT molecular complexity index is 802. The molecule has 132 valence electrons. The van der Waals surface area contributed by atoms with Gasteiger partial charge in [0.15, 0.2) is 11.5 Å². The maximum absolute atomic E-state index is 12.9. The predicted molar refractivity (Wildman–Crippen MR) is 89.4 cm³/mol. The van der Waals surface area contributed by atoms with Crippen molar-refractivity contribution in [2.24, 2.45) is 0 Å². The van der Waals surface area contributed by atoms with Crippen molar-refractivity contribution in [2.75, 3.05) is 13.3 Å². The van der Waals surface area contributed by atoms with Crippen LogP contribution in [0.5, 0.6) is 11.5 Å². The van der Waals surface area contributed by atoms with Crippen molar-refractivity contribution in [3.8, 4) is 11.5 Å². The first-order chi connectivity index (χ1) is 12.2. The average Bonchev–Trinajstić information content (AvgIpc) is 3.21. The Hall–Kier alpha value is -2.54. The van der Waals surface area contributed by atoms with Gasteiger partial charge in [0.25, 0.3) is 5.91 Å². The van der Waals surface area contributed by atoms with E-state index in [1.807, 2.05) is 22.6 Å². The van der Waals surface area contributed by atoms with E-state index >= 15 is 0 Å². The molecule has 0 radical (unpaired) electrons. The summed E-state index contributed by atoms with van der Waals surface area (Å²) in [4.78, 5) is 14.7. The van der Waals surface area contributed by atoms with Crippen LogP contribution >= 0.6 is 0 Å². The molecule has 0 saturated heterocycles. The first-order valence-corrected chi connectivity index (χ1v) is 8.59. The molecule has 0 unspecified atom stereocenters. The third-order valence-corrected chi connectivity index (χ3v) is 4.67. The van der Waals surface area contributed by atoms with Crippen LogP contribution in [0.4, 0.5) is 0 Å². The van der Waals surface area contributed by atoms with Gasteiger partial charge >= 0.3 is 0 Å². The highest BCUT2D eigenvalue weighted by Gasteiger charge is 2.24. The van der Waals surface area contributed by atoms with Gasteiger partial charge < -0.3 is 19.5 Å². The molecule has 1 atom stereocenters. The van der Waals surface area contributed by atoms with Crippen molar-refractivity contribution in [1.82, 2.24) is 14.7 Å². The Morgan fingerprint density at radius 2 is 2.12 bits per heavy atom. The number of fused-ring (bicyclic) bond motifs is 2. The number of ether oxygens (including phenoxy) is 2. The van der Waals surface area contributed by atoms with Crippen molar-refractivity contribution in [3.05, 3.63) is 41.2 Å². The van der Waals surface area contributed by atoms with Crippen LogP contribution in [-0.2, 0) is 13.1 Å². The van der Waals surface area contributed by atoms with E-state index < -0.39 is 6.10 Å². The van der Waals surface area contributed by atoms with E-state index in [9.17, 15) is 9.90 Å². The molecular weight excluding hydrogens is 322 g/mol. The number of rotatable bonds is 3. The minimum Gasteiger partial charge on any atom is -0.454 e. The van der Waals surface area contributed by atoms with Gasteiger partial charge in [0.1, 0.15) is 0 Å². The molecule has 4 rings (SSSR count). The number of amides is 1. The molecule has 0 fully saturated rings. The topological polar surface area (TPSA) is 76.8 Å². The summed E-state index contributed by atoms with van der Waals surface area (Å²) in [6, 6.07) is 7.18. The first kappa shape index (κ1) is 16.0. The van der Waals surface area contributed by atoms with Gasteiger partial charge in [-0.15, -0.1) is 0 Å². The zero-order valence-corrected chi connectivity index (χ0v) is 14.1. The van der Waals surface area contributed by atoms with Crippen LogP contribution in [0.1, 0.15) is 47.6 Å². The third kappa shape index (κ3) is 2.95. The summed E-state index contributed by atoms with van der Waals surface area (Å²) in [5.74, 6) is 1.24. The lowest BCUT2D eigenvalue weighted by molar-refractivity contribution is 0.0745. The van der Waals surface area contributed by atoms with E-state index in [-0.39, 0.29) is 12.7 Å². The third-order valence-electron chi connectivity index (χ3n) is 4.67. The zero-order chi connectivity index (χ0) is 17.4. The maximum Gasteiger partial charge on any atom is 0.254 e. The molecule has 7 heteroatoms. The van der Waals surface area contributed by atoms with Gasteiger partial charge in [-0.2, -0.15) is 5.10 Å². The molecule has 25 heavy (non-hydrogen) atoms. The summed E-state index contributed by atoms with van der Waals surface area (Å²) in [5, 5.41) is 14.5. The second kappa shape index (κ2) is 6.40. The van der Waals surface area contributed by atoms with E-state index in [0.717, 1.165) is 18.7 Å². The number of aromatic nitrogens is 2. The first-order valence-electron chi connectivity index (χ1n) is 8.59. The van der Waals surface area contributed by atoms with Crippen LogP contribution in [0.25, 0.3) is 0 Å². The molecule has 2 aliphatic heterocycles. The summed E-state index contributed by atoms with van der Waals surface area (Å²) >= 11 is 0. The van der Waals surface area contributed by atoms with Crippen molar-refractivity contribution in [1.29, 1.82) is 0 Å². The smallest absolute Gasteiger partial charge is 0.254 e. The Morgan fingerprint density at radius 3 is 2.96 bits per heavy atom. The van der Waals surface area contributed by atoms with E-state index in [0.29, 0.717) is 42.3 Å². The molecule has 7 nitrogen and oxygen atoms in total. The fourth-order valence-electron chi connectivity index (χ4n) is 3.24. The van der Waals surface area contributed by atoms with Gasteiger partial charge in [0.05, 0.1) is 24.0 Å². The molecule has 1 amide bonds. The highest BCUT2D eigenvalue weighted by Crippen LogP contribution is 2.33. The number of carbonyl (C=O) groups is 1. The highest BCUT2D eigenvalue weighted by molar-refractivity contribution is 5.95. The fourth-order valence-corrected chi connectivity index (χ4v) is 3.24. The summed E-state index contributed by atoms with van der Waals surface area (Å²) in [6.45, 7) is 4.01. The number of aryl methyl sites for hydroxylation is 1. The number of aliphatic hydroxyl groups is 1. The van der Waals surface area contributed by atoms with Crippen LogP contribution in [-0.4, -0.2) is 39.0 Å². The van der Waals surface area contributed by atoms with Crippen LogP contribution in [0.3, 0.4) is 0 Å². The number of hydrogen-bond donors (Lipinski definition) is 1. The largest absolute Gasteiger partial charge is 0.454 e. The lowest BCUT2D eigenvalue weighted by atomic mass is 10.1. The summed E-state index contributed by atoms with van der Waals surface area (Å²) < 4.78 is 12.6. The maximum atomic E-state index is 12.9. The van der Waals surface area contributed by atoms with E-state index in [1.54, 1.807) is 18.2 Å². The van der Waals surface area contributed by atoms with Crippen LogP contribution < -0.4 is 9.47 Å². The minimum absolute atomic E-state index is 0.0365. The molecule has 1 aromatic heterocycles. The van der Waals surface area contributed by atoms with E-state index in [2.05, 4.69) is 5.10 Å². The summed E-state index contributed by atoms with van der Waals surface area (Å²) in [6.07, 6.45) is 0.889. The predicted octanol–water partition coefficient (Wildman–Crippen LogP) is 2.10. The molecule has 0 bridgehead atoms. The molecule has 0 spiro atoms. The average molecular weight is 343 g/mol. The lowest BCUT2D eigenvalue weighted by Gasteiger charge is -2.20. The van der Waals surface area contributed by atoms with Crippen LogP contribution in [0.15, 0.2) is 24.3 Å². The summed E-state index contributed by atoms with van der Waals surface area (Å²) in [7, 11) is 0. The Labute approximate surface area is 145 Å². The second-order valence-electron chi connectivity index (χ2n) is 6.36. The molecule has 3 heterocycles. The molecule has 1 N–H and O–H groups in total. The van der Waals surface area contributed by atoms with Crippen molar-refractivity contribution >= 4 is 5.91 Å². The fraction of sp³-hybridized carbons (Fsp3) is 0.444. The van der Waals surface area contributed by atoms with Gasteiger partial charge in [-0.1, -0.05) is 6.92 Å². The SMILES string of the molecule is CC[C@@H](O)c1cc2n(n1)CCCN(C(=O)c1ccc3c(c1)OCO3)C2. The van der Waals surface area contributed by atoms with Gasteiger partial charge in [-0.3, -0.25) is 9.48 Å². The van der Waals surface area contributed by atoms with Crippen LogP contribution in [0, 0.1) is 0 Å². The Balaban J connectivity index is 1.56. The molecule has 2 aliphatic rings. The Morgan fingerprint density at radius 1 is 1.28 bits per heavy atom. The number of nitrogens with zero attached hydrogens (tertiary/aromatic N) is 3.